The molecule has 0 fully saturated rings. The van der Waals surface area contributed by atoms with Gasteiger partial charge in [-0.05, 0) is 25.2 Å². The average Bonchev–Trinajstić information content (AvgIpc) is 2.43. The lowest BCUT2D eigenvalue weighted by Crippen LogP contribution is -2.27. The van der Waals surface area contributed by atoms with Crippen LogP contribution >= 0.6 is 0 Å². The second-order valence-corrected chi connectivity index (χ2v) is 6.51. The van der Waals surface area contributed by atoms with Gasteiger partial charge in [0.1, 0.15) is 0 Å². The van der Waals surface area contributed by atoms with Crippen molar-refractivity contribution in [2.24, 2.45) is 0 Å². The molecule has 20 heavy (non-hydrogen) atoms. The molecule has 1 aromatic carbocycles. The molecule has 0 heterocycles. The first-order valence-electron chi connectivity index (χ1n) is 5.98. The highest BCUT2D eigenvalue weighted by atomic mass is 32.2. The van der Waals surface area contributed by atoms with E-state index < -0.39 is 15.8 Å². The maximum Gasteiger partial charge on any atom is 0.304 e. The van der Waals surface area contributed by atoms with Gasteiger partial charge < -0.3 is 10.0 Å². The molecule has 0 bridgehead atoms. The first-order chi connectivity index (χ1) is 9.35. The van der Waals surface area contributed by atoms with Crippen molar-refractivity contribution >= 4 is 15.8 Å². The van der Waals surface area contributed by atoms with Crippen molar-refractivity contribution in [1.29, 1.82) is 5.26 Å². The highest BCUT2D eigenvalue weighted by molar-refractivity contribution is 7.91. The maximum absolute atomic E-state index is 12.1. The molecule has 0 unspecified atom stereocenters. The number of benzene rings is 1. The third kappa shape index (κ3) is 4.99. The van der Waals surface area contributed by atoms with Crippen molar-refractivity contribution in [2.45, 2.75) is 11.3 Å². The Hall–Kier alpha value is -1.91. The Labute approximate surface area is 118 Å². The monoisotopic (exact) mass is 296 g/mol. The molecule has 1 rings (SSSR count). The summed E-state index contributed by atoms with van der Waals surface area (Å²) >= 11 is 0. The summed E-state index contributed by atoms with van der Waals surface area (Å²) < 4.78 is 24.2. The van der Waals surface area contributed by atoms with Crippen LogP contribution in [-0.4, -0.2) is 50.3 Å². The van der Waals surface area contributed by atoms with Crippen LogP contribution < -0.4 is 0 Å². The number of rotatable bonds is 7. The summed E-state index contributed by atoms with van der Waals surface area (Å²) in [7, 11) is -1.80. The lowest BCUT2D eigenvalue weighted by atomic mass is 10.2. The zero-order chi connectivity index (χ0) is 15.2. The van der Waals surface area contributed by atoms with Crippen molar-refractivity contribution in [3.05, 3.63) is 29.8 Å². The van der Waals surface area contributed by atoms with Gasteiger partial charge in [0.2, 0.25) is 0 Å². The van der Waals surface area contributed by atoms with Gasteiger partial charge >= 0.3 is 5.97 Å². The number of carbonyl (C=O) groups is 1. The smallest absolute Gasteiger partial charge is 0.304 e. The maximum atomic E-state index is 12.1. The molecule has 1 N–H and O–H groups in total. The highest BCUT2D eigenvalue weighted by Crippen LogP contribution is 2.13. The van der Waals surface area contributed by atoms with Crippen LogP contribution in [0.4, 0.5) is 0 Å². The van der Waals surface area contributed by atoms with Gasteiger partial charge in [0.25, 0.3) is 0 Å². The summed E-state index contributed by atoms with van der Waals surface area (Å²) in [6.07, 6.45) is -0.0273. The third-order valence-corrected chi connectivity index (χ3v) is 4.46. The number of sulfone groups is 1. The molecule has 0 saturated carbocycles. The van der Waals surface area contributed by atoms with Crippen LogP contribution in [0.3, 0.4) is 0 Å². The fraction of sp³-hybridized carbons (Fsp3) is 0.385. The van der Waals surface area contributed by atoms with Crippen molar-refractivity contribution in [1.82, 2.24) is 4.90 Å². The van der Waals surface area contributed by atoms with E-state index in [1.807, 2.05) is 6.07 Å². The summed E-state index contributed by atoms with van der Waals surface area (Å²) in [6, 6.07) is 7.76. The number of hydrogen-bond donors (Lipinski definition) is 1. The molecule has 0 aliphatic rings. The van der Waals surface area contributed by atoms with E-state index in [1.54, 1.807) is 11.9 Å². The van der Waals surface area contributed by atoms with Crippen LogP contribution in [0.2, 0.25) is 0 Å². The minimum atomic E-state index is -3.47. The van der Waals surface area contributed by atoms with Crippen LogP contribution in [0.1, 0.15) is 12.0 Å². The van der Waals surface area contributed by atoms with Crippen LogP contribution in [0.15, 0.2) is 29.2 Å². The number of carboxylic acid groups (broad SMARTS) is 1. The topological polar surface area (TPSA) is 98.5 Å². The van der Waals surface area contributed by atoms with E-state index in [2.05, 4.69) is 0 Å². The molecule has 0 atom stereocenters. The molecule has 0 amide bonds. The van der Waals surface area contributed by atoms with Crippen molar-refractivity contribution < 1.29 is 18.3 Å². The summed E-state index contributed by atoms with van der Waals surface area (Å²) in [4.78, 5) is 12.2. The molecule has 108 valence electrons. The normalized spacial score (nSPS) is 11.2. The van der Waals surface area contributed by atoms with Crippen molar-refractivity contribution in [2.75, 3.05) is 25.9 Å². The number of aliphatic carboxylic acids is 1. The molecular weight excluding hydrogens is 280 g/mol. The predicted octanol–water partition coefficient (Wildman–Crippen LogP) is 0.738. The number of hydrogen-bond acceptors (Lipinski definition) is 5. The van der Waals surface area contributed by atoms with E-state index in [0.29, 0.717) is 12.1 Å². The zero-order valence-electron chi connectivity index (χ0n) is 11.1. The molecular formula is C13H16N2O4S. The number of nitrogens with zero attached hydrogens (tertiary/aromatic N) is 2. The lowest BCUT2D eigenvalue weighted by molar-refractivity contribution is -0.137. The Morgan fingerprint density at radius 1 is 1.40 bits per heavy atom. The number of nitriles is 1. The summed E-state index contributed by atoms with van der Waals surface area (Å²) in [6.45, 7) is 0.537. The predicted molar refractivity (Wildman–Crippen MR) is 73.0 cm³/mol. The lowest BCUT2D eigenvalue weighted by Gasteiger charge is -2.15. The van der Waals surface area contributed by atoms with Gasteiger partial charge in [-0.1, -0.05) is 6.07 Å². The van der Waals surface area contributed by atoms with E-state index in [0.717, 1.165) is 0 Å². The van der Waals surface area contributed by atoms with Gasteiger partial charge in [-0.25, -0.2) is 8.42 Å². The van der Waals surface area contributed by atoms with Gasteiger partial charge in [-0.3, -0.25) is 4.79 Å². The highest BCUT2D eigenvalue weighted by Gasteiger charge is 2.16. The molecule has 0 spiro atoms. The summed E-state index contributed by atoms with van der Waals surface area (Å²) in [5.74, 6) is -1.03. The van der Waals surface area contributed by atoms with Gasteiger partial charge in [-0.15, -0.1) is 0 Å². The van der Waals surface area contributed by atoms with E-state index in [4.69, 9.17) is 10.4 Å². The minimum Gasteiger partial charge on any atom is -0.481 e. The zero-order valence-corrected chi connectivity index (χ0v) is 11.9. The second kappa shape index (κ2) is 7.03. The number of carboxylic acids is 1. The second-order valence-electron chi connectivity index (χ2n) is 4.41. The third-order valence-electron chi connectivity index (χ3n) is 2.77. The molecule has 6 nitrogen and oxygen atoms in total. The first kappa shape index (κ1) is 16.1. The molecule has 0 saturated heterocycles. The minimum absolute atomic E-state index is 0.0273. The van der Waals surface area contributed by atoms with Crippen molar-refractivity contribution in [3.8, 4) is 6.07 Å². The van der Waals surface area contributed by atoms with Gasteiger partial charge in [0, 0.05) is 13.1 Å². The Bertz CT molecular complexity index is 620. The quantitative estimate of drug-likeness (QED) is 0.796. The van der Waals surface area contributed by atoms with E-state index in [9.17, 15) is 13.2 Å². The van der Waals surface area contributed by atoms with Crippen LogP contribution in [0.5, 0.6) is 0 Å². The van der Waals surface area contributed by atoms with E-state index >= 15 is 0 Å². The molecule has 0 aliphatic heterocycles. The fourth-order valence-corrected chi connectivity index (χ4v) is 2.93. The average molecular weight is 296 g/mol. The Morgan fingerprint density at radius 3 is 2.70 bits per heavy atom. The van der Waals surface area contributed by atoms with Crippen LogP contribution in [0.25, 0.3) is 0 Å². The first-order valence-corrected chi connectivity index (χ1v) is 7.63. The molecule has 0 aliphatic carbocycles. The van der Waals surface area contributed by atoms with E-state index in [-0.39, 0.29) is 23.6 Å². The summed E-state index contributed by atoms with van der Waals surface area (Å²) in [5.41, 5.74) is 0.297. The Kier molecular flexibility index (Phi) is 5.67. The van der Waals surface area contributed by atoms with Gasteiger partial charge in [0.05, 0.1) is 28.7 Å². The Morgan fingerprint density at radius 2 is 2.10 bits per heavy atom. The SMILES string of the molecule is CN(CCC(=O)O)CCS(=O)(=O)c1cccc(C#N)c1. The van der Waals surface area contributed by atoms with Crippen LogP contribution in [0, 0.1) is 11.3 Å². The largest absolute Gasteiger partial charge is 0.481 e. The Balaban J connectivity index is 2.66. The standard InChI is InChI=1S/C13H16N2O4S/c1-15(6-5-13(16)17)7-8-20(18,19)12-4-2-3-11(9-12)10-14/h2-4,9H,5-8H2,1H3,(H,16,17). The molecule has 1 aromatic rings. The molecule has 0 radical (unpaired) electrons. The van der Waals surface area contributed by atoms with Gasteiger partial charge in [0.15, 0.2) is 9.84 Å². The van der Waals surface area contributed by atoms with E-state index in [1.165, 1.54) is 24.3 Å². The van der Waals surface area contributed by atoms with Crippen molar-refractivity contribution in [3.63, 3.8) is 0 Å². The molecule has 0 aromatic heterocycles. The summed E-state index contributed by atoms with van der Waals surface area (Å²) in [5, 5.41) is 17.3. The van der Waals surface area contributed by atoms with Gasteiger partial charge in [-0.2, -0.15) is 5.26 Å². The van der Waals surface area contributed by atoms with Crippen LogP contribution in [-0.2, 0) is 14.6 Å². The fourth-order valence-electron chi connectivity index (χ4n) is 1.55. The molecule has 7 heteroatoms.